The van der Waals surface area contributed by atoms with Crippen LogP contribution in [0.4, 0.5) is 0 Å². The Morgan fingerprint density at radius 3 is 2.47 bits per heavy atom. The van der Waals surface area contributed by atoms with Gasteiger partial charge in [-0.25, -0.2) is 0 Å². The van der Waals surface area contributed by atoms with Crippen molar-refractivity contribution in [2.45, 2.75) is 20.5 Å². The predicted octanol–water partition coefficient (Wildman–Crippen LogP) is 3.99. The molecule has 0 aliphatic rings. The molecule has 0 fully saturated rings. The van der Waals surface area contributed by atoms with Gasteiger partial charge in [0.05, 0.1) is 4.88 Å². The molecule has 0 radical (unpaired) electrons. The minimum atomic E-state index is 0.0822. The zero-order valence-electron chi connectivity index (χ0n) is 10.8. The molecule has 0 aliphatic carbocycles. The summed E-state index contributed by atoms with van der Waals surface area (Å²) in [5, 5.41) is 9.50. The van der Waals surface area contributed by atoms with E-state index in [1.54, 1.807) is 11.3 Å². The Kier molecular flexibility index (Phi) is 4.27. The van der Waals surface area contributed by atoms with Gasteiger partial charge in [-0.1, -0.05) is 0 Å². The molecule has 100 valence electrons. The number of hydrogen-bond donors (Lipinski definition) is 2. The van der Waals surface area contributed by atoms with Gasteiger partial charge in [0.25, 0.3) is 0 Å². The highest BCUT2D eigenvalue weighted by Crippen LogP contribution is 2.28. The van der Waals surface area contributed by atoms with E-state index in [-0.39, 0.29) is 5.84 Å². The van der Waals surface area contributed by atoms with Gasteiger partial charge in [0.15, 0.2) is 0 Å². The Labute approximate surface area is 125 Å². The van der Waals surface area contributed by atoms with Crippen LogP contribution in [-0.4, -0.2) is 5.84 Å². The average molecular weight is 339 g/mol. The highest BCUT2D eigenvalue weighted by Gasteiger charge is 2.09. The maximum absolute atomic E-state index is 7.48. The zero-order chi connectivity index (χ0) is 14.0. The number of nitrogen functional groups attached to an aromatic ring is 1. The third-order valence-electron chi connectivity index (χ3n) is 2.81. The number of rotatable bonds is 4. The molecule has 3 nitrogen and oxygen atoms in total. The lowest BCUT2D eigenvalue weighted by Crippen LogP contribution is -2.12. The van der Waals surface area contributed by atoms with Gasteiger partial charge in [-0.3, -0.25) is 5.41 Å². The number of nitrogens with one attached hydrogen (secondary N) is 1. The Balaban J connectivity index is 2.21. The van der Waals surface area contributed by atoms with Crippen LogP contribution in [0.2, 0.25) is 0 Å². The third kappa shape index (κ3) is 3.16. The molecular formula is C14H15BrN2OS. The van der Waals surface area contributed by atoms with Crippen molar-refractivity contribution < 1.29 is 4.74 Å². The first-order valence-electron chi connectivity index (χ1n) is 5.79. The van der Waals surface area contributed by atoms with Crippen molar-refractivity contribution in [1.82, 2.24) is 0 Å². The molecule has 1 heterocycles. The highest BCUT2D eigenvalue weighted by atomic mass is 79.9. The fraction of sp³-hybridized carbons (Fsp3) is 0.214. The van der Waals surface area contributed by atoms with E-state index in [1.807, 2.05) is 37.4 Å². The molecule has 0 amide bonds. The number of halogens is 1. The summed E-state index contributed by atoms with van der Waals surface area (Å²) < 4.78 is 6.97. The lowest BCUT2D eigenvalue weighted by atomic mass is 10.1. The molecule has 3 N–H and O–H groups in total. The van der Waals surface area contributed by atoms with Gasteiger partial charge in [0, 0.05) is 10.0 Å². The molecule has 1 aromatic heterocycles. The Morgan fingerprint density at radius 1 is 1.37 bits per heavy atom. The first-order chi connectivity index (χ1) is 8.99. The van der Waals surface area contributed by atoms with Gasteiger partial charge in [-0.15, -0.1) is 11.3 Å². The van der Waals surface area contributed by atoms with Gasteiger partial charge >= 0.3 is 0 Å². The molecule has 0 spiro atoms. The van der Waals surface area contributed by atoms with Crippen molar-refractivity contribution in [1.29, 1.82) is 5.41 Å². The quantitative estimate of drug-likeness (QED) is 0.654. The largest absolute Gasteiger partial charge is 0.487 e. The maximum atomic E-state index is 7.48. The lowest BCUT2D eigenvalue weighted by Gasteiger charge is -2.13. The van der Waals surface area contributed by atoms with E-state index >= 15 is 0 Å². The number of ether oxygens (including phenoxy) is 1. The van der Waals surface area contributed by atoms with Crippen LogP contribution in [0, 0.1) is 19.3 Å². The molecule has 0 unspecified atom stereocenters. The Bertz CT molecular complexity index is 599. The fourth-order valence-electron chi connectivity index (χ4n) is 1.90. The number of benzene rings is 1. The number of nitrogens with two attached hydrogens (primary N) is 1. The Hall–Kier alpha value is -1.33. The van der Waals surface area contributed by atoms with Gasteiger partial charge in [-0.05, 0) is 64.5 Å². The van der Waals surface area contributed by atoms with Gasteiger partial charge < -0.3 is 10.5 Å². The molecule has 0 saturated heterocycles. The van der Waals surface area contributed by atoms with Gasteiger partial charge in [0.2, 0.25) is 0 Å². The molecule has 0 saturated carbocycles. The average Bonchev–Trinajstić information content (AvgIpc) is 2.73. The van der Waals surface area contributed by atoms with E-state index in [0.717, 1.165) is 31.8 Å². The number of thiophene rings is 1. The summed E-state index contributed by atoms with van der Waals surface area (Å²) in [4.78, 5) is 1.16. The molecule has 1 aromatic carbocycles. The summed E-state index contributed by atoms with van der Waals surface area (Å²) in [6.45, 7) is 4.48. The summed E-state index contributed by atoms with van der Waals surface area (Å²) in [5.74, 6) is 0.948. The van der Waals surface area contributed by atoms with E-state index in [1.165, 1.54) is 0 Å². The van der Waals surface area contributed by atoms with Crippen LogP contribution < -0.4 is 10.5 Å². The first-order valence-corrected chi connectivity index (χ1v) is 7.46. The predicted molar refractivity (Wildman–Crippen MR) is 83.3 cm³/mol. The van der Waals surface area contributed by atoms with Crippen molar-refractivity contribution in [2.75, 3.05) is 0 Å². The van der Waals surface area contributed by atoms with Crippen molar-refractivity contribution in [3.8, 4) is 5.75 Å². The van der Waals surface area contributed by atoms with Crippen LogP contribution in [0.25, 0.3) is 0 Å². The normalized spacial score (nSPS) is 10.5. The van der Waals surface area contributed by atoms with E-state index in [4.69, 9.17) is 15.9 Å². The Morgan fingerprint density at radius 2 is 2.00 bits per heavy atom. The second-order valence-corrected chi connectivity index (χ2v) is 6.19. The summed E-state index contributed by atoms with van der Waals surface area (Å²) in [6.07, 6.45) is 0. The summed E-state index contributed by atoms with van der Waals surface area (Å²) in [5.41, 5.74) is 8.24. The van der Waals surface area contributed by atoms with Crippen molar-refractivity contribution in [3.63, 3.8) is 0 Å². The zero-order valence-corrected chi connectivity index (χ0v) is 13.2. The number of hydrogen-bond acceptors (Lipinski definition) is 3. The van der Waals surface area contributed by atoms with Crippen LogP contribution in [-0.2, 0) is 6.61 Å². The molecule has 0 bridgehead atoms. The fourth-order valence-corrected chi connectivity index (χ4v) is 3.28. The van der Waals surface area contributed by atoms with Gasteiger partial charge in [0.1, 0.15) is 18.2 Å². The second kappa shape index (κ2) is 5.75. The summed E-state index contributed by atoms with van der Waals surface area (Å²) >= 11 is 5.16. The molecule has 0 aliphatic heterocycles. The standard InChI is InChI=1S/C14H15BrN2OS/c1-8-5-10(14(16)17)6-9(2)13(8)18-7-12-11(15)3-4-19-12/h3-6H,7H2,1-2H3,(H3,16,17). The summed E-state index contributed by atoms with van der Waals surface area (Å²) in [6, 6.07) is 5.78. The molecular weight excluding hydrogens is 324 g/mol. The van der Waals surface area contributed by atoms with Crippen molar-refractivity contribution >= 4 is 33.1 Å². The molecule has 0 atom stereocenters. The van der Waals surface area contributed by atoms with Crippen LogP contribution in [0.15, 0.2) is 28.1 Å². The van der Waals surface area contributed by atoms with Gasteiger partial charge in [-0.2, -0.15) is 0 Å². The molecule has 2 rings (SSSR count). The second-order valence-electron chi connectivity index (χ2n) is 4.33. The number of amidine groups is 1. The van der Waals surface area contributed by atoms with Crippen LogP contribution in [0.1, 0.15) is 21.6 Å². The highest BCUT2D eigenvalue weighted by molar-refractivity contribution is 9.10. The van der Waals surface area contributed by atoms with Crippen LogP contribution in [0.3, 0.4) is 0 Å². The minimum Gasteiger partial charge on any atom is -0.487 e. The lowest BCUT2D eigenvalue weighted by molar-refractivity contribution is 0.305. The maximum Gasteiger partial charge on any atom is 0.125 e. The monoisotopic (exact) mass is 338 g/mol. The molecule has 5 heteroatoms. The van der Waals surface area contributed by atoms with Crippen LogP contribution >= 0.6 is 27.3 Å². The van der Waals surface area contributed by atoms with E-state index in [2.05, 4.69) is 15.9 Å². The van der Waals surface area contributed by atoms with E-state index < -0.39 is 0 Å². The van der Waals surface area contributed by atoms with E-state index in [0.29, 0.717) is 6.61 Å². The smallest absolute Gasteiger partial charge is 0.125 e. The topological polar surface area (TPSA) is 59.1 Å². The third-order valence-corrected chi connectivity index (χ3v) is 4.71. The summed E-state index contributed by atoms with van der Waals surface area (Å²) in [7, 11) is 0. The molecule has 2 aromatic rings. The minimum absolute atomic E-state index is 0.0822. The SMILES string of the molecule is Cc1cc(C(=N)N)cc(C)c1OCc1sccc1Br. The van der Waals surface area contributed by atoms with Crippen molar-refractivity contribution in [2.24, 2.45) is 5.73 Å². The first kappa shape index (κ1) is 14.1. The van der Waals surface area contributed by atoms with E-state index in [9.17, 15) is 0 Å². The van der Waals surface area contributed by atoms with Crippen molar-refractivity contribution in [3.05, 3.63) is 49.6 Å². The number of aryl methyl sites for hydroxylation is 2. The molecule has 19 heavy (non-hydrogen) atoms. The van der Waals surface area contributed by atoms with Crippen LogP contribution in [0.5, 0.6) is 5.75 Å².